The molecule has 1 atom stereocenters. The van der Waals surface area contributed by atoms with Crippen molar-refractivity contribution in [3.8, 4) is 5.75 Å². The zero-order valence-corrected chi connectivity index (χ0v) is 18.5. The number of pyridine rings is 1. The lowest BCUT2D eigenvalue weighted by atomic mass is 10.0. The third-order valence-electron chi connectivity index (χ3n) is 5.71. The Morgan fingerprint density at radius 2 is 1.77 bits per heavy atom. The molecule has 0 fully saturated rings. The molecule has 0 amide bonds. The lowest BCUT2D eigenvalue weighted by Crippen LogP contribution is -2.25. The molecule has 3 aromatic rings. The summed E-state index contributed by atoms with van der Waals surface area (Å²) >= 11 is 0. The van der Waals surface area contributed by atoms with Crippen LogP contribution in [0.4, 0.5) is 18.9 Å². The number of benzene rings is 2. The Morgan fingerprint density at radius 1 is 1.03 bits per heavy atom. The number of hydrogen-bond donors (Lipinski definition) is 1. The van der Waals surface area contributed by atoms with Crippen LogP contribution in [0.15, 0.2) is 36.4 Å². The second-order valence-corrected chi connectivity index (χ2v) is 7.81. The van der Waals surface area contributed by atoms with Gasteiger partial charge >= 0.3 is 6.18 Å². The highest BCUT2D eigenvalue weighted by atomic mass is 19.4. The molecule has 0 aliphatic rings. The fraction of sp³-hybridized carbons (Fsp3) is 0.458. The first-order valence-corrected chi connectivity index (χ1v) is 10.7. The number of anilines is 1. The van der Waals surface area contributed by atoms with Gasteiger partial charge in [0, 0.05) is 16.8 Å². The standard InChI is InChI=1S/C24H30F3N3O/c1-5-30(6-2)13-7-8-16(3)28-23-19-11-9-17(24(25,26)27)14-22(19)29-21-12-10-18(31-4)15-20(21)23/h9-12,14-16H,5-8,13H2,1-4H3,(H,28,29). The van der Waals surface area contributed by atoms with Crippen molar-refractivity contribution in [2.75, 3.05) is 32.1 Å². The van der Waals surface area contributed by atoms with Gasteiger partial charge in [-0.3, -0.25) is 0 Å². The molecule has 1 unspecified atom stereocenters. The highest BCUT2D eigenvalue weighted by molar-refractivity contribution is 6.08. The highest BCUT2D eigenvalue weighted by Crippen LogP contribution is 2.37. The van der Waals surface area contributed by atoms with Crippen molar-refractivity contribution in [3.63, 3.8) is 0 Å². The summed E-state index contributed by atoms with van der Waals surface area (Å²) in [6.45, 7) is 9.49. The molecule has 1 N–H and O–H groups in total. The predicted molar refractivity (Wildman–Crippen MR) is 121 cm³/mol. The van der Waals surface area contributed by atoms with Gasteiger partial charge in [-0.1, -0.05) is 19.9 Å². The van der Waals surface area contributed by atoms with Crippen LogP contribution in [0.3, 0.4) is 0 Å². The molecule has 31 heavy (non-hydrogen) atoms. The number of hydrogen-bond acceptors (Lipinski definition) is 4. The third-order valence-corrected chi connectivity index (χ3v) is 5.71. The number of halogens is 3. The van der Waals surface area contributed by atoms with Crippen LogP contribution in [-0.2, 0) is 6.18 Å². The Balaban J connectivity index is 1.99. The number of ether oxygens (including phenoxy) is 1. The van der Waals surface area contributed by atoms with Gasteiger partial charge in [-0.05, 0) is 69.7 Å². The zero-order valence-electron chi connectivity index (χ0n) is 18.5. The molecule has 0 saturated heterocycles. The molecule has 7 heteroatoms. The van der Waals surface area contributed by atoms with E-state index in [2.05, 4.69) is 36.0 Å². The van der Waals surface area contributed by atoms with Gasteiger partial charge in [-0.2, -0.15) is 13.2 Å². The van der Waals surface area contributed by atoms with Crippen LogP contribution in [-0.4, -0.2) is 42.7 Å². The SMILES string of the molecule is CCN(CC)CCCC(C)Nc1c2ccc(C(F)(F)F)cc2nc2ccc(OC)cc12. The summed E-state index contributed by atoms with van der Waals surface area (Å²) in [7, 11) is 1.59. The smallest absolute Gasteiger partial charge is 0.416 e. The summed E-state index contributed by atoms with van der Waals surface area (Å²) in [6, 6.07) is 9.33. The summed E-state index contributed by atoms with van der Waals surface area (Å²) in [6.07, 6.45) is -2.42. The van der Waals surface area contributed by atoms with E-state index in [1.807, 2.05) is 6.07 Å². The third kappa shape index (κ3) is 5.39. The van der Waals surface area contributed by atoms with E-state index < -0.39 is 11.7 Å². The molecule has 1 aromatic heterocycles. The Kier molecular flexibility index (Phi) is 7.26. The number of nitrogens with one attached hydrogen (secondary N) is 1. The van der Waals surface area contributed by atoms with Gasteiger partial charge < -0.3 is 15.0 Å². The summed E-state index contributed by atoms with van der Waals surface area (Å²) < 4.78 is 45.1. The van der Waals surface area contributed by atoms with Crippen molar-refractivity contribution < 1.29 is 17.9 Å². The van der Waals surface area contributed by atoms with E-state index in [0.29, 0.717) is 22.2 Å². The van der Waals surface area contributed by atoms with Gasteiger partial charge in [0.2, 0.25) is 0 Å². The molecule has 1 heterocycles. The Labute approximate surface area is 181 Å². The molecule has 0 radical (unpaired) electrons. The van der Waals surface area contributed by atoms with Crippen molar-refractivity contribution in [2.24, 2.45) is 0 Å². The maximum Gasteiger partial charge on any atom is 0.416 e. The summed E-state index contributed by atoms with van der Waals surface area (Å²) in [5.41, 5.74) is 1.05. The van der Waals surface area contributed by atoms with Gasteiger partial charge in [0.25, 0.3) is 0 Å². The number of methoxy groups -OCH3 is 1. The first-order chi connectivity index (χ1) is 14.8. The van der Waals surface area contributed by atoms with E-state index in [4.69, 9.17) is 4.74 Å². The topological polar surface area (TPSA) is 37.4 Å². The lowest BCUT2D eigenvalue weighted by molar-refractivity contribution is -0.137. The van der Waals surface area contributed by atoms with Gasteiger partial charge in [0.1, 0.15) is 5.75 Å². The fourth-order valence-electron chi connectivity index (χ4n) is 3.86. The molecule has 0 saturated carbocycles. The number of aromatic nitrogens is 1. The number of fused-ring (bicyclic) bond motifs is 2. The lowest BCUT2D eigenvalue weighted by Gasteiger charge is -2.22. The highest BCUT2D eigenvalue weighted by Gasteiger charge is 2.31. The molecule has 0 aliphatic carbocycles. The Morgan fingerprint density at radius 3 is 2.42 bits per heavy atom. The first kappa shape index (κ1) is 23.1. The summed E-state index contributed by atoms with van der Waals surface area (Å²) in [5, 5.41) is 5.06. The van der Waals surface area contributed by atoms with E-state index in [0.717, 1.165) is 55.7 Å². The molecule has 0 spiro atoms. The van der Waals surface area contributed by atoms with Crippen molar-refractivity contribution in [2.45, 2.75) is 45.8 Å². The van der Waals surface area contributed by atoms with Crippen LogP contribution in [0.25, 0.3) is 21.8 Å². The predicted octanol–water partition coefficient (Wildman–Crippen LogP) is 6.34. The van der Waals surface area contributed by atoms with E-state index >= 15 is 0 Å². The minimum Gasteiger partial charge on any atom is -0.497 e. The van der Waals surface area contributed by atoms with Crippen LogP contribution in [0.5, 0.6) is 5.75 Å². The normalized spacial score (nSPS) is 13.2. The summed E-state index contributed by atoms with van der Waals surface area (Å²) in [5.74, 6) is 0.679. The monoisotopic (exact) mass is 433 g/mol. The van der Waals surface area contributed by atoms with E-state index in [1.165, 1.54) is 6.07 Å². The van der Waals surface area contributed by atoms with Crippen molar-refractivity contribution in [1.82, 2.24) is 9.88 Å². The Bertz CT molecular complexity index is 1030. The fourth-order valence-corrected chi connectivity index (χ4v) is 3.86. The minimum absolute atomic E-state index is 0.151. The summed E-state index contributed by atoms with van der Waals surface area (Å²) in [4.78, 5) is 6.88. The molecule has 3 rings (SSSR count). The number of rotatable bonds is 9. The van der Waals surface area contributed by atoms with E-state index in [9.17, 15) is 13.2 Å². The molecule has 168 valence electrons. The maximum absolute atomic E-state index is 13.2. The van der Waals surface area contributed by atoms with E-state index in [1.54, 1.807) is 19.2 Å². The van der Waals surface area contributed by atoms with Gasteiger partial charge in [-0.25, -0.2) is 4.98 Å². The number of alkyl halides is 3. The quantitative estimate of drug-likeness (QED) is 0.400. The molecule has 4 nitrogen and oxygen atoms in total. The van der Waals surface area contributed by atoms with Gasteiger partial charge in [0.15, 0.2) is 0 Å². The first-order valence-electron chi connectivity index (χ1n) is 10.7. The van der Waals surface area contributed by atoms with Crippen molar-refractivity contribution in [3.05, 3.63) is 42.0 Å². The van der Waals surface area contributed by atoms with Crippen LogP contribution in [0.2, 0.25) is 0 Å². The average Bonchev–Trinajstić information content (AvgIpc) is 2.75. The molecular weight excluding hydrogens is 403 g/mol. The van der Waals surface area contributed by atoms with Gasteiger partial charge in [-0.15, -0.1) is 0 Å². The second-order valence-electron chi connectivity index (χ2n) is 7.81. The largest absolute Gasteiger partial charge is 0.497 e. The molecular formula is C24H30F3N3O. The van der Waals surface area contributed by atoms with E-state index in [-0.39, 0.29) is 6.04 Å². The minimum atomic E-state index is -4.41. The maximum atomic E-state index is 13.2. The van der Waals surface area contributed by atoms with Gasteiger partial charge in [0.05, 0.1) is 29.4 Å². The van der Waals surface area contributed by atoms with Crippen LogP contribution < -0.4 is 10.1 Å². The number of nitrogens with zero attached hydrogens (tertiary/aromatic N) is 2. The van der Waals surface area contributed by atoms with Crippen LogP contribution >= 0.6 is 0 Å². The second kappa shape index (κ2) is 9.73. The molecule has 0 bridgehead atoms. The molecule has 0 aliphatic heterocycles. The van der Waals surface area contributed by atoms with Crippen LogP contribution in [0, 0.1) is 0 Å². The molecule has 2 aromatic carbocycles. The zero-order chi connectivity index (χ0) is 22.6. The van der Waals surface area contributed by atoms with Crippen molar-refractivity contribution in [1.29, 1.82) is 0 Å². The Hall–Kier alpha value is -2.54. The average molecular weight is 434 g/mol. The van der Waals surface area contributed by atoms with Crippen molar-refractivity contribution >= 4 is 27.5 Å². The van der Waals surface area contributed by atoms with Crippen LogP contribution in [0.1, 0.15) is 39.2 Å².